The van der Waals surface area contributed by atoms with Crippen molar-refractivity contribution in [3.63, 3.8) is 0 Å². The van der Waals surface area contributed by atoms with E-state index in [0.717, 1.165) is 30.3 Å². The van der Waals surface area contributed by atoms with Gasteiger partial charge in [0.05, 0.1) is 0 Å². The van der Waals surface area contributed by atoms with Gasteiger partial charge in [0.15, 0.2) is 0 Å². The predicted octanol–water partition coefficient (Wildman–Crippen LogP) is 9.30. The number of halogens is 2. The Kier molecular flexibility index (Phi) is 11.6. The topological polar surface area (TPSA) is 0 Å². The molecule has 0 atom stereocenters. The highest BCUT2D eigenvalue weighted by Gasteiger charge is 2.30. The lowest BCUT2D eigenvalue weighted by molar-refractivity contribution is 0.140. The van der Waals surface area contributed by atoms with E-state index in [9.17, 15) is 8.78 Å². The second-order valence-electron chi connectivity index (χ2n) is 9.54. The average Bonchev–Trinajstić information content (AvgIpc) is 2.68. The highest BCUT2D eigenvalue weighted by atomic mass is 19.3. The summed E-state index contributed by atoms with van der Waals surface area (Å²) in [6.45, 7) is 2.29. The maximum absolute atomic E-state index is 12.1. The molecule has 0 aromatic rings. The molecule has 2 saturated carbocycles. The molecule has 0 N–H and O–H groups in total. The van der Waals surface area contributed by atoms with Gasteiger partial charge in [0.25, 0.3) is 6.08 Å². The molecule has 0 nitrogen and oxygen atoms in total. The van der Waals surface area contributed by atoms with Crippen LogP contribution in [0.25, 0.3) is 0 Å². The Balaban J connectivity index is 1.50. The minimum absolute atomic E-state index is 0.571. The molecule has 2 fully saturated rings. The van der Waals surface area contributed by atoms with Crippen LogP contribution in [0, 0.1) is 23.7 Å². The molecule has 0 amide bonds. The molecule has 0 radical (unpaired) electrons. The maximum Gasteiger partial charge on any atom is 0.266 e. The summed E-state index contributed by atoms with van der Waals surface area (Å²) in [7, 11) is 0. The van der Waals surface area contributed by atoms with Gasteiger partial charge in [0.2, 0.25) is 0 Å². The molecular weight excluding hydrogens is 338 g/mol. The predicted molar refractivity (Wildman–Crippen MR) is 113 cm³/mol. The van der Waals surface area contributed by atoms with Gasteiger partial charge in [-0.2, -0.15) is 8.78 Å². The molecule has 2 aliphatic rings. The third kappa shape index (κ3) is 9.57. The van der Waals surface area contributed by atoms with E-state index in [0.29, 0.717) is 12.3 Å². The van der Waals surface area contributed by atoms with E-state index < -0.39 is 6.08 Å². The first-order chi connectivity index (χ1) is 13.2. The summed E-state index contributed by atoms with van der Waals surface area (Å²) in [5.41, 5.74) is 0. The molecule has 0 aromatic heterocycles. The first kappa shape index (κ1) is 22.9. The van der Waals surface area contributed by atoms with Gasteiger partial charge in [0.1, 0.15) is 0 Å². The van der Waals surface area contributed by atoms with Crippen molar-refractivity contribution in [3.8, 4) is 0 Å². The Hall–Kier alpha value is -0.400. The number of allylic oxidation sites excluding steroid dienone is 1. The maximum atomic E-state index is 12.1. The monoisotopic (exact) mass is 382 g/mol. The SMILES string of the molecule is CCCCCCCCCC1CCC(C2CCC(CCC=C(F)F)CC2)CC1. The van der Waals surface area contributed by atoms with Gasteiger partial charge in [-0.25, -0.2) is 0 Å². The molecular formula is C25H44F2. The highest BCUT2D eigenvalue weighted by molar-refractivity contribution is 4.85. The van der Waals surface area contributed by atoms with Crippen molar-refractivity contribution in [2.24, 2.45) is 23.7 Å². The number of hydrogen-bond donors (Lipinski definition) is 0. The average molecular weight is 383 g/mol. The second-order valence-corrected chi connectivity index (χ2v) is 9.54. The Morgan fingerprint density at radius 1 is 0.667 bits per heavy atom. The zero-order chi connectivity index (χ0) is 19.3. The summed E-state index contributed by atoms with van der Waals surface area (Å²) in [5, 5.41) is 0. The minimum atomic E-state index is -1.50. The fourth-order valence-corrected chi connectivity index (χ4v) is 5.71. The van der Waals surface area contributed by atoms with Crippen LogP contribution < -0.4 is 0 Å². The van der Waals surface area contributed by atoms with E-state index in [1.54, 1.807) is 0 Å². The second kappa shape index (κ2) is 13.7. The molecule has 0 spiro atoms. The van der Waals surface area contributed by atoms with Crippen LogP contribution >= 0.6 is 0 Å². The highest BCUT2D eigenvalue weighted by Crippen LogP contribution is 2.43. The van der Waals surface area contributed by atoms with Crippen LogP contribution in [-0.4, -0.2) is 0 Å². The lowest BCUT2D eigenvalue weighted by Gasteiger charge is -2.38. The lowest BCUT2D eigenvalue weighted by Crippen LogP contribution is -2.25. The number of unbranched alkanes of at least 4 members (excludes halogenated alkanes) is 6. The quantitative estimate of drug-likeness (QED) is 0.295. The smallest absolute Gasteiger partial charge is 0.174 e. The van der Waals surface area contributed by atoms with Crippen LogP contribution in [0.1, 0.15) is 122 Å². The zero-order valence-electron chi connectivity index (χ0n) is 17.9. The lowest BCUT2D eigenvalue weighted by atomic mass is 9.68. The normalized spacial score (nSPS) is 28.9. The Morgan fingerprint density at radius 3 is 1.67 bits per heavy atom. The van der Waals surface area contributed by atoms with Gasteiger partial charge >= 0.3 is 0 Å². The summed E-state index contributed by atoms with van der Waals surface area (Å²) < 4.78 is 24.3. The first-order valence-electron chi connectivity index (χ1n) is 12.2. The van der Waals surface area contributed by atoms with Crippen molar-refractivity contribution in [1.29, 1.82) is 0 Å². The van der Waals surface area contributed by atoms with Crippen LogP contribution in [0.3, 0.4) is 0 Å². The van der Waals surface area contributed by atoms with Crippen molar-refractivity contribution in [3.05, 3.63) is 12.2 Å². The molecule has 0 bridgehead atoms. The van der Waals surface area contributed by atoms with Crippen molar-refractivity contribution < 1.29 is 8.78 Å². The summed E-state index contributed by atoms with van der Waals surface area (Å²) in [6, 6.07) is 0. The Morgan fingerprint density at radius 2 is 1.15 bits per heavy atom. The van der Waals surface area contributed by atoms with Crippen molar-refractivity contribution in [2.75, 3.05) is 0 Å². The molecule has 2 aliphatic carbocycles. The standard InChI is InChI=1S/C25H44F2/c1-2-3-4-5-6-7-8-10-21-13-17-23(18-14-21)24-19-15-22(16-20-24)11-9-12-25(26)27/h12,21-24H,2-11,13-20H2,1H3. The zero-order valence-corrected chi connectivity index (χ0v) is 17.9. The van der Waals surface area contributed by atoms with Crippen molar-refractivity contribution >= 4 is 0 Å². The van der Waals surface area contributed by atoms with E-state index in [2.05, 4.69) is 6.92 Å². The molecule has 0 saturated heterocycles. The summed E-state index contributed by atoms with van der Waals surface area (Å²) >= 11 is 0. The Labute approximate surface area is 167 Å². The fraction of sp³-hybridized carbons (Fsp3) is 0.920. The molecule has 0 unspecified atom stereocenters. The summed E-state index contributed by atoms with van der Waals surface area (Å²) in [4.78, 5) is 0. The van der Waals surface area contributed by atoms with E-state index in [-0.39, 0.29) is 0 Å². The van der Waals surface area contributed by atoms with E-state index in [4.69, 9.17) is 0 Å². The third-order valence-electron chi connectivity index (χ3n) is 7.54. The molecule has 27 heavy (non-hydrogen) atoms. The van der Waals surface area contributed by atoms with Gasteiger partial charge in [-0.05, 0) is 68.3 Å². The molecule has 2 heteroatoms. The van der Waals surface area contributed by atoms with E-state index in [1.807, 2.05) is 0 Å². The van der Waals surface area contributed by atoms with Gasteiger partial charge in [0, 0.05) is 0 Å². The van der Waals surface area contributed by atoms with E-state index in [1.165, 1.54) is 103 Å². The van der Waals surface area contributed by atoms with Gasteiger partial charge in [-0.3, -0.25) is 0 Å². The largest absolute Gasteiger partial charge is 0.266 e. The van der Waals surface area contributed by atoms with Crippen molar-refractivity contribution in [1.82, 2.24) is 0 Å². The third-order valence-corrected chi connectivity index (χ3v) is 7.54. The van der Waals surface area contributed by atoms with Crippen molar-refractivity contribution in [2.45, 2.75) is 122 Å². The number of hydrogen-bond acceptors (Lipinski definition) is 0. The fourth-order valence-electron chi connectivity index (χ4n) is 5.71. The summed E-state index contributed by atoms with van der Waals surface area (Å²) in [5.74, 6) is 3.62. The van der Waals surface area contributed by atoms with Gasteiger partial charge in [-0.1, -0.05) is 84.0 Å². The summed E-state index contributed by atoms with van der Waals surface area (Å²) in [6.07, 6.45) is 23.8. The van der Waals surface area contributed by atoms with Crippen LogP contribution in [-0.2, 0) is 0 Å². The van der Waals surface area contributed by atoms with Gasteiger partial charge < -0.3 is 0 Å². The molecule has 2 rings (SSSR count). The molecule has 158 valence electrons. The molecule has 0 aliphatic heterocycles. The van der Waals surface area contributed by atoms with Gasteiger partial charge in [-0.15, -0.1) is 0 Å². The van der Waals surface area contributed by atoms with Crippen LogP contribution in [0.15, 0.2) is 12.2 Å². The number of rotatable bonds is 12. The van der Waals surface area contributed by atoms with E-state index >= 15 is 0 Å². The van der Waals surface area contributed by atoms with Crippen LogP contribution in [0.2, 0.25) is 0 Å². The molecule has 0 aromatic carbocycles. The minimum Gasteiger partial charge on any atom is -0.174 e. The Bertz CT molecular complexity index is 383. The van der Waals surface area contributed by atoms with Crippen LogP contribution in [0.5, 0.6) is 0 Å². The first-order valence-corrected chi connectivity index (χ1v) is 12.2. The molecule has 0 heterocycles. The van der Waals surface area contributed by atoms with Crippen LogP contribution in [0.4, 0.5) is 8.78 Å².